The number of phenols is 1. The lowest BCUT2D eigenvalue weighted by atomic mass is 10.0. The van der Waals surface area contributed by atoms with Crippen molar-refractivity contribution in [1.29, 1.82) is 0 Å². The number of nitrogens with one attached hydrogen (secondary N) is 1. The lowest BCUT2D eigenvalue weighted by Crippen LogP contribution is -2.13. The number of nitrogens with zero attached hydrogens (tertiary/aromatic N) is 2. The van der Waals surface area contributed by atoms with Crippen molar-refractivity contribution in [3.05, 3.63) is 113 Å². The molecule has 2 aromatic heterocycles. The third-order valence-electron chi connectivity index (χ3n) is 6.12. The summed E-state index contributed by atoms with van der Waals surface area (Å²) in [7, 11) is 1.62. The van der Waals surface area contributed by atoms with E-state index in [1.54, 1.807) is 37.7 Å². The SMILES string of the molecule is COc1ccc(C2=C(C(=O)c3cc(-c4csc(-c5cccnc5)n4)ccc3O)Sc3ccccc3N2)cc1. The van der Waals surface area contributed by atoms with Crippen molar-refractivity contribution in [3.8, 4) is 33.3 Å². The molecule has 38 heavy (non-hydrogen) atoms. The van der Waals surface area contributed by atoms with Gasteiger partial charge in [0.15, 0.2) is 0 Å². The Morgan fingerprint density at radius 1 is 0.947 bits per heavy atom. The van der Waals surface area contributed by atoms with Gasteiger partial charge in [0.25, 0.3) is 0 Å². The molecule has 0 saturated heterocycles. The molecule has 0 fully saturated rings. The number of hydrogen-bond acceptors (Lipinski definition) is 8. The van der Waals surface area contributed by atoms with Crippen molar-refractivity contribution >= 4 is 40.3 Å². The average molecular weight is 536 g/mol. The second kappa shape index (κ2) is 10.2. The maximum absolute atomic E-state index is 14.0. The normalized spacial score (nSPS) is 12.6. The number of anilines is 1. The van der Waals surface area contributed by atoms with Crippen LogP contribution in [-0.2, 0) is 0 Å². The Morgan fingerprint density at radius 2 is 1.76 bits per heavy atom. The number of rotatable bonds is 6. The first-order valence-corrected chi connectivity index (χ1v) is 13.5. The number of phenolic OH excluding ortho intramolecular Hbond substituents is 1. The highest BCUT2D eigenvalue weighted by atomic mass is 32.2. The molecule has 3 aromatic carbocycles. The number of aromatic hydroxyl groups is 1. The molecule has 186 valence electrons. The number of ketones is 1. The molecule has 0 unspecified atom stereocenters. The van der Waals surface area contributed by atoms with E-state index in [0.29, 0.717) is 10.6 Å². The van der Waals surface area contributed by atoms with E-state index in [9.17, 15) is 9.90 Å². The predicted octanol–water partition coefficient (Wildman–Crippen LogP) is 7.36. The predicted molar refractivity (Wildman–Crippen MR) is 153 cm³/mol. The summed E-state index contributed by atoms with van der Waals surface area (Å²) in [5.41, 5.74) is 5.06. The van der Waals surface area contributed by atoms with Gasteiger partial charge in [-0.15, -0.1) is 11.3 Å². The Hall–Kier alpha value is -4.40. The van der Waals surface area contributed by atoms with Gasteiger partial charge in [-0.3, -0.25) is 9.78 Å². The minimum absolute atomic E-state index is 0.0810. The first-order chi connectivity index (χ1) is 18.6. The highest BCUT2D eigenvalue weighted by Crippen LogP contribution is 2.45. The zero-order valence-corrected chi connectivity index (χ0v) is 21.8. The summed E-state index contributed by atoms with van der Waals surface area (Å²) in [4.78, 5) is 24.4. The molecule has 5 aromatic rings. The van der Waals surface area contributed by atoms with Gasteiger partial charge in [-0.1, -0.05) is 23.9 Å². The summed E-state index contributed by atoms with van der Waals surface area (Å²) in [6, 6.07) is 24.2. The van der Waals surface area contributed by atoms with Gasteiger partial charge in [-0.25, -0.2) is 4.98 Å². The summed E-state index contributed by atoms with van der Waals surface area (Å²) >= 11 is 2.89. The zero-order valence-electron chi connectivity index (χ0n) is 20.2. The molecule has 8 heteroatoms. The third kappa shape index (κ3) is 4.55. The Balaban J connectivity index is 1.41. The van der Waals surface area contributed by atoms with E-state index in [4.69, 9.17) is 9.72 Å². The number of methoxy groups -OCH3 is 1. The highest BCUT2D eigenvalue weighted by molar-refractivity contribution is 8.04. The van der Waals surface area contributed by atoms with Gasteiger partial charge >= 0.3 is 0 Å². The molecule has 0 aliphatic carbocycles. The number of Topliss-reactive ketones (excluding diaryl/α,β-unsaturated/α-hetero) is 1. The molecule has 1 aliphatic rings. The number of thioether (sulfide) groups is 1. The minimum atomic E-state index is -0.273. The molecular formula is C30H21N3O3S2. The lowest BCUT2D eigenvalue weighted by Gasteiger charge is -2.24. The van der Waals surface area contributed by atoms with Crippen molar-refractivity contribution < 1.29 is 14.6 Å². The number of thiazole rings is 1. The molecule has 0 amide bonds. The van der Waals surface area contributed by atoms with Crippen LogP contribution in [0.25, 0.3) is 27.5 Å². The van der Waals surface area contributed by atoms with Crippen molar-refractivity contribution in [2.24, 2.45) is 0 Å². The van der Waals surface area contributed by atoms with Crippen molar-refractivity contribution in [1.82, 2.24) is 9.97 Å². The van der Waals surface area contributed by atoms with Crippen LogP contribution in [0.2, 0.25) is 0 Å². The van der Waals surface area contributed by atoms with E-state index in [0.717, 1.165) is 43.7 Å². The zero-order chi connectivity index (χ0) is 26.1. The van der Waals surface area contributed by atoms with Crippen LogP contribution in [-0.4, -0.2) is 28.0 Å². The van der Waals surface area contributed by atoms with Gasteiger partial charge in [0, 0.05) is 33.8 Å². The van der Waals surface area contributed by atoms with Crippen molar-refractivity contribution in [3.63, 3.8) is 0 Å². The van der Waals surface area contributed by atoms with Gasteiger partial charge in [0.1, 0.15) is 16.5 Å². The molecular weight excluding hydrogens is 514 g/mol. The number of fused-ring (bicyclic) bond motifs is 1. The molecule has 1 aliphatic heterocycles. The number of carbonyl (C=O) groups is 1. The van der Waals surface area contributed by atoms with E-state index in [1.807, 2.05) is 66.0 Å². The Morgan fingerprint density at radius 3 is 2.55 bits per heavy atom. The summed E-state index contributed by atoms with van der Waals surface area (Å²) in [6.07, 6.45) is 3.49. The monoisotopic (exact) mass is 535 g/mol. The highest BCUT2D eigenvalue weighted by Gasteiger charge is 2.27. The number of allylic oxidation sites excluding steroid dienone is 1. The van der Waals surface area contributed by atoms with Gasteiger partial charge in [0.05, 0.1) is 34.7 Å². The van der Waals surface area contributed by atoms with Gasteiger partial charge in [-0.2, -0.15) is 0 Å². The van der Waals surface area contributed by atoms with Gasteiger partial charge in [0.2, 0.25) is 5.78 Å². The van der Waals surface area contributed by atoms with Gasteiger partial charge in [-0.05, 0) is 72.3 Å². The number of ether oxygens (including phenoxy) is 1. The van der Waals surface area contributed by atoms with E-state index < -0.39 is 0 Å². The fourth-order valence-corrected chi connectivity index (χ4v) is 6.05. The number of hydrogen-bond donors (Lipinski definition) is 2. The molecule has 3 heterocycles. The van der Waals surface area contributed by atoms with Crippen LogP contribution in [0.4, 0.5) is 5.69 Å². The number of carbonyl (C=O) groups excluding carboxylic acids is 1. The molecule has 6 nitrogen and oxygen atoms in total. The lowest BCUT2D eigenvalue weighted by molar-refractivity contribution is 0.104. The largest absolute Gasteiger partial charge is 0.507 e. The average Bonchev–Trinajstić information content (AvgIpc) is 3.47. The summed E-state index contributed by atoms with van der Waals surface area (Å²) in [5.74, 6) is 0.373. The number of pyridine rings is 1. The summed E-state index contributed by atoms with van der Waals surface area (Å²) in [5, 5.41) is 17.0. The van der Waals surface area contributed by atoms with Crippen molar-refractivity contribution in [2.45, 2.75) is 4.90 Å². The third-order valence-corrected chi connectivity index (χ3v) is 8.18. The first-order valence-electron chi connectivity index (χ1n) is 11.8. The van der Waals surface area contributed by atoms with Crippen LogP contribution in [0.15, 0.2) is 106 Å². The fourth-order valence-electron chi connectivity index (χ4n) is 4.16. The van der Waals surface area contributed by atoms with Crippen LogP contribution in [0, 0.1) is 0 Å². The van der Waals surface area contributed by atoms with Crippen LogP contribution in [0.3, 0.4) is 0 Å². The topological polar surface area (TPSA) is 84.3 Å². The van der Waals surface area contributed by atoms with Gasteiger partial charge < -0.3 is 15.2 Å². The summed E-state index contributed by atoms with van der Waals surface area (Å²) in [6.45, 7) is 0. The Labute approximate surface area is 227 Å². The van der Waals surface area contributed by atoms with Crippen LogP contribution in [0.1, 0.15) is 15.9 Å². The van der Waals surface area contributed by atoms with E-state index >= 15 is 0 Å². The maximum atomic E-state index is 14.0. The van der Waals surface area contributed by atoms with E-state index in [2.05, 4.69) is 10.3 Å². The van der Waals surface area contributed by atoms with Crippen LogP contribution in [0.5, 0.6) is 11.5 Å². The Bertz CT molecular complexity index is 1680. The molecule has 6 rings (SSSR count). The molecule has 0 atom stereocenters. The standard InChI is InChI=1S/C30H21N3O3S2/c1-36-21-11-8-18(9-12-21)27-29(38-26-7-3-2-6-23(26)32-27)28(35)22-15-19(10-13-25(22)34)24-17-37-30(33-24)20-5-4-14-31-16-20/h2-17,32,34H,1H3. The Kier molecular flexibility index (Phi) is 6.41. The number of benzene rings is 3. The number of aromatic nitrogens is 2. The molecule has 0 radical (unpaired) electrons. The quantitative estimate of drug-likeness (QED) is 0.220. The maximum Gasteiger partial charge on any atom is 0.205 e. The summed E-state index contributed by atoms with van der Waals surface area (Å²) < 4.78 is 5.31. The molecule has 0 spiro atoms. The fraction of sp³-hybridized carbons (Fsp3) is 0.0333. The smallest absolute Gasteiger partial charge is 0.205 e. The number of para-hydroxylation sites is 1. The first kappa shape index (κ1) is 24.0. The van der Waals surface area contributed by atoms with Crippen LogP contribution < -0.4 is 10.1 Å². The van der Waals surface area contributed by atoms with Crippen molar-refractivity contribution in [2.75, 3.05) is 12.4 Å². The second-order valence-electron chi connectivity index (χ2n) is 8.50. The van der Waals surface area contributed by atoms with E-state index in [-0.39, 0.29) is 17.1 Å². The molecule has 0 bridgehead atoms. The second-order valence-corrected chi connectivity index (χ2v) is 10.4. The minimum Gasteiger partial charge on any atom is -0.507 e. The van der Waals surface area contributed by atoms with E-state index in [1.165, 1.54) is 23.1 Å². The molecule has 2 N–H and O–H groups in total. The van der Waals surface area contributed by atoms with Crippen LogP contribution >= 0.6 is 23.1 Å². The molecule has 0 saturated carbocycles.